The number of hydrogen-bond acceptors (Lipinski definition) is 5. The summed E-state index contributed by atoms with van der Waals surface area (Å²) in [6.07, 6.45) is 7.28. The summed E-state index contributed by atoms with van der Waals surface area (Å²) in [6, 6.07) is 5.69. The van der Waals surface area contributed by atoms with Crippen LogP contribution in [0.15, 0.2) is 36.8 Å². The van der Waals surface area contributed by atoms with Crippen molar-refractivity contribution >= 4 is 11.8 Å². The number of carbonyl (C=O) groups is 2. The molecule has 2 aromatic heterocycles. The van der Waals surface area contributed by atoms with E-state index >= 15 is 0 Å². The second-order valence-electron chi connectivity index (χ2n) is 6.43. The zero-order valence-electron chi connectivity index (χ0n) is 14.9. The van der Waals surface area contributed by atoms with Crippen molar-refractivity contribution < 1.29 is 9.59 Å². The molecule has 8 heteroatoms. The van der Waals surface area contributed by atoms with Crippen molar-refractivity contribution in [3.05, 3.63) is 48.0 Å². The summed E-state index contributed by atoms with van der Waals surface area (Å²) in [4.78, 5) is 30.0. The Morgan fingerprint density at radius 1 is 1.35 bits per heavy atom. The van der Waals surface area contributed by atoms with Gasteiger partial charge in [0.25, 0.3) is 5.91 Å². The number of hydrogen-bond donors (Lipinski definition) is 2. The first-order valence-electron chi connectivity index (χ1n) is 8.81. The van der Waals surface area contributed by atoms with Gasteiger partial charge in [0.1, 0.15) is 5.69 Å². The molecule has 1 atom stereocenters. The van der Waals surface area contributed by atoms with Crippen molar-refractivity contribution in [1.82, 2.24) is 30.3 Å². The van der Waals surface area contributed by atoms with Crippen molar-refractivity contribution in [3.8, 4) is 0 Å². The maximum absolute atomic E-state index is 12.2. The van der Waals surface area contributed by atoms with E-state index in [4.69, 9.17) is 0 Å². The van der Waals surface area contributed by atoms with Crippen LogP contribution in [0.25, 0.3) is 0 Å². The van der Waals surface area contributed by atoms with E-state index in [0.29, 0.717) is 18.8 Å². The van der Waals surface area contributed by atoms with Gasteiger partial charge in [0.15, 0.2) is 0 Å². The Labute approximate surface area is 152 Å². The molecule has 0 bridgehead atoms. The summed E-state index contributed by atoms with van der Waals surface area (Å²) in [5, 5.41) is 9.87. The van der Waals surface area contributed by atoms with Crippen molar-refractivity contribution in [1.29, 1.82) is 0 Å². The van der Waals surface area contributed by atoms with Gasteiger partial charge in [-0.25, -0.2) is 0 Å². The molecule has 1 unspecified atom stereocenters. The first-order chi connectivity index (χ1) is 12.7. The predicted molar refractivity (Wildman–Crippen MR) is 96.4 cm³/mol. The summed E-state index contributed by atoms with van der Waals surface area (Å²) in [5.74, 6) is -0.188. The molecule has 0 spiro atoms. The Hall–Kier alpha value is -2.74. The number of piperidine rings is 1. The minimum atomic E-state index is -0.189. The molecule has 0 radical (unpaired) electrons. The molecule has 1 aliphatic heterocycles. The van der Waals surface area contributed by atoms with Crippen LogP contribution in [0, 0.1) is 0 Å². The van der Waals surface area contributed by atoms with Crippen LogP contribution in [-0.2, 0) is 11.3 Å². The van der Waals surface area contributed by atoms with Crippen molar-refractivity contribution in [2.75, 3.05) is 26.7 Å². The monoisotopic (exact) mass is 356 g/mol. The Balaban J connectivity index is 1.51. The van der Waals surface area contributed by atoms with Gasteiger partial charge in [0.2, 0.25) is 5.91 Å². The Morgan fingerprint density at radius 2 is 2.23 bits per heavy atom. The van der Waals surface area contributed by atoms with Crippen LogP contribution in [-0.4, -0.2) is 58.2 Å². The highest BCUT2D eigenvalue weighted by Gasteiger charge is 2.24. The normalized spacial score (nSPS) is 17.7. The van der Waals surface area contributed by atoms with Crippen LogP contribution in [0.1, 0.15) is 34.9 Å². The smallest absolute Gasteiger partial charge is 0.271 e. The number of nitrogens with one attached hydrogen (secondary N) is 2. The Bertz CT molecular complexity index is 745. The van der Waals surface area contributed by atoms with Gasteiger partial charge in [-0.2, -0.15) is 5.10 Å². The second-order valence-corrected chi connectivity index (χ2v) is 6.43. The molecule has 26 heavy (non-hydrogen) atoms. The molecule has 1 saturated heterocycles. The molecule has 0 aliphatic carbocycles. The highest BCUT2D eigenvalue weighted by Crippen LogP contribution is 2.20. The fourth-order valence-electron chi connectivity index (χ4n) is 3.14. The van der Waals surface area contributed by atoms with E-state index in [-0.39, 0.29) is 17.9 Å². The molecule has 2 amide bonds. The molecular weight excluding hydrogens is 332 g/mol. The lowest BCUT2D eigenvalue weighted by Crippen LogP contribution is -2.43. The zero-order chi connectivity index (χ0) is 18.4. The molecule has 3 rings (SSSR count). The second kappa shape index (κ2) is 8.57. The fraction of sp³-hybridized carbons (Fsp3) is 0.444. The maximum atomic E-state index is 12.2. The molecule has 8 nitrogen and oxygen atoms in total. The molecular formula is C18H24N6O2. The number of nitrogens with zero attached hydrogens (tertiary/aromatic N) is 4. The first kappa shape index (κ1) is 18.1. The molecule has 1 aliphatic rings. The van der Waals surface area contributed by atoms with E-state index in [1.54, 1.807) is 25.5 Å². The summed E-state index contributed by atoms with van der Waals surface area (Å²) in [5.41, 5.74) is 1.40. The van der Waals surface area contributed by atoms with E-state index in [0.717, 1.165) is 31.5 Å². The Morgan fingerprint density at radius 3 is 3.00 bits per heavy atom. The molecule has 0 saturated carbocycles. The maximum Gasteiger partial charge on any atom is 0.271 e. The highest BCUT2D eigenvalue weighted by atomic mass is 16.2. The zero-order valence-corrected chi connectivity index (χ0v) is 14.9. The lowest BCUT2D eigenvalue weighted by Gasteiger charge is -2.32. The molecule has 2 N–H and O–H groups in total. The number of rotatable bonds is 6. The summed E-state index contributed by atoms with van der Waals surface area (Å²) < 4.78 is 1.84. The van der Waals surface area contributed by atoms with E-state index in [2.05, 4.69) is 25.6 Å². The van der Waals surface area contributed by atoms with Crippen molar-refractivity contribution in [3.63, 3.8) is 0 Å². The lowest BCUT2D eigenvalue weighted by molar-refractivity contribution is -0.122. The van der Waals surface area contributed by atoms with Gasteiger partial charge in [-0.1, -0.05) is 6.07 Å². The van der Waals surface area contributed by atoms with Gasteiger partial charge < -0.3 is 10.6 Å². The average molecular weight is 356 g/mol. The SMILES string of the molecule is CNC(=O)c1ccn(C2CCCN(CC(=O)NCc3cccnc3)C2)n1. The topological polar surface area (TPSA) is 92.2 Å². The highest BCUT2D eigenvalue weighted by molar-refractivity contribution is 5.91. The van der Waals surface area contributed by atoms with Gasteiger partial charge in [0, 0.05) is 38.7 Å². The Kier molecular flexibility index (Phi) is 5.96. The molecule has 138 valence electrons. The first-order valence-corrected chi connectivity index (χ1v) is 8.81. The van der Waals surface area contributed by atoms with E-state index in [9.17, 15) is 9.59 Å². The summed E-state index contributed by atoms with van der Waals surface area (Å²) in [6.45, 7) is 2.48. The summed E-state index contributed by atoms with van der Waals surface area (Å²) >= 11 is 0. The van der Waals surface area contributed by atoms with Crippen LogP contribution in [0.3, 0.4) is 0 Å². The number of carbonyl (C=O) groups excluding carboxylic acids is 2. The van der Waals surface area contributed by atoms with Crippen LogP contribution < -0.4 is 10.6 Å². The van der Waals surface area contributed by atoms with Gasteiger partial charge in [0.05, 0.1) is 12.6 Å². The molecule has 3 heterocycles. The standard InChI is InChI=1S/C18H24N6O2/c1-19-18(26)16-6-9-24(22-16)15-5-3-8-23(12-15)13-17(25)21-11-14-4-2-7-20-10-14/h2,4,6-7,9-10,15H,3,5,8,11-13H2,1H3,(H,19,26)(H,21,25). The van der Waals surface area contributed by atoms with Crippen molar-refractivity contribution in [2.24, 2.45) is 0 Å². The van der Waals surface area contributed by atoms with Gasteiger partial charge >= 0.3 is 0 Å². The third-order valence-corrected chi connectivity index (χ3v) is 4.50. The predicted octanol–water partition coefficient (Wildman–Crippen LogP) is 0.591. The minimum Gasteiger partial charge on any atom is -0.354 e. The largest absolute Gasteiger partial charge is 0.354 e. The summed E-state index contributed by atoms with van der Waals surface area (Å²) in [7, 11) is 1.59. The van der Waals surface area contributed by atoms with Crippen LogP contribution in [0.5, 0.6) is 0 Å². The van der Waals surface area contributed by atoms with E-state index < -0.39 is 0 Å². The quantitative estimate of drug-likeness (QED) is 0.790. The molecule has 0 aromatic carbocycles. The van der Waals surface area contributed by atoms with Crippen LogP contribution >= 0.6 is 0 Å². The van der Waals surface area contributed by atoms with Crippen molar-refractivity contribution in [2.45, 2.75) is 25.4 Å². The minimum absolute atomic E-state index is 0.000943. The molecule has 2 aromatic rings. The van der Waals surface area contributed by atoms with Gasteiger partial charge in [-0.05, 0) is 37.1 Å². The van der Waals surface area contributed by atoms with Gasteiger partial charge in [-0.15, -0.1) is 0 Å². The van der Waals surface area contributed by atoms with Gasteiger partial charge in [-0.3, -0.25) is 24.2 Å². The van der Waals surface area contributed by atoms with Crippen LogP contribution in [0.4, 0.5) is 0 Å². The number of pyridine rings is 1. The average Bonchev–Trinajstić information content (AvgIpc) is 3.17. The number of amides is 2. The number of aromatic nitrogens is 3. The van der Waals surface area contributed by atoms with Crippen LogP contribution in [0.2, 0.25) is 0 Å². The number of likely N-dealkylation sites (tertiary alicyclic amines) is 1. The lowest BCUT2D eigenvalue weighted by atomic mass is 10.1. The molecule has 1 fully saturated rings. The fourth-order valence-corrected chi connectivity index (χ4v) is 3.14. The third kappa shape index (κ3) is 4.66. The third-order valence-electron chi connectivity index (χ3n) is 4.50. The van der Waals surface area contributed by atoms with E-state index in [1.807, 2.05) is 23.0 Å². The van der Waals surface area contributed by atoms with E-state index in [1.165, 1.54) is 0 Å².